The Balaban J connectivity index is 1.75. The first-order valence-electron chi connectivity index (χ1n) is 7.03. The lowest BCUT2D eigenvalue weighted by atomic mass is 9.93. The minimum Gasteiger partial charge on any atom is -0.369 e. The van der Waals surface area contributed by atoms with Gasteiger partial charge in [0.1, 0.15) is 0 Å². The van der Waals surface area contributed by atoms with Gasteiger partial charge in [0.25, 0.3) is 0 Å². The Morgan fingerprint density at radius 3 is 2.85 bits per heavy atom. The van der Waals surface area contributed by atoms with Gasteiger partial charge in [-0.1, -0.05) is 0 Å². The Bertz CT molecular complexity index is 576. The van der Waals surface area contributed by atoms with E-state index in [4.69, 9.17) is 11.5 Å². The smallest absolute Gasteiger partial charge is 0.210 e. The van der Waals surface area contributed by atoms with Gasteiger partial charge in [0.15, 0.2) is 0 Å². The van der Waals surface area contributed by atoms with E-state index in [-0.39, 0.29) is 0 Å². The van der Waals surface area contributed by atoms with Crippen molar-refractivity contribution < 1.29 is 0 Å². The highest BCUT2D eigenvalue weighted by atomic mass is 15.6. The number of fused-ring (bicyclic) bond motifs is 2. The molecule has 4 aliphatic rings. The first-order valence-corrected chi connectivity index (χ1v) is 7.03. The average molecular weight is 273 g/mol. The largest absolute Gasteiger partial charge is 0.369 e. The molecule has 2 bridgehead atoms. The number of pyridine rings is 1. The number of hydrazine groups is 1. The summed E-state index contributed by atoms with van der Waals surface area (Å²) in [5, 5.41) is 0. The first kappa shape index (κ1) is 12.1. The summed E-state index contributed by atoms with van der Waals surface area (Å²) in [6.07, 6.45) is 4.24. The fraction of sp³-hybridized carbons (Fsp3) is 0.538. The predicted octanol–water partition coefficient (Wildman–Crippen LogP) is -0.734. The van der Waals surface area contributed by atoms with Crippen molar-refractivity contribution in [3.63, 3.8) is 0 Å². The number of hydrogen-bond donors (Lipinski definition) is 4. The summed E-state index contributed by atoms with van der Waals surface area (Å²) in [5.74, 6) is -0.131. The van der Waals surface area contributed by atoms with Crippen LogP contribution in [0.2, 0.25) is 0 Å². The zero-order chi connectivity index (χ0) is 13.7. The molecule has 7 nitrogen and oxygen atoms in total. The third-order valence-corrected chi connectivity index (χ3v) is 4.49. The van der Waals surface area contributed by atoms with Gasteiger partial charge in [0.2, 0.25) is 11.7 Å². The van der Waals surface area contributed by atoms with Gasteiger partial charge in [0.05, 0.1) is 0 Å². The molecule has 0 amide bonds. The third-order valence-electron chi connectivity index (χ3n) is 4.49. The summed E-state index contributed by atoms with van der Waals surface area (Å²) in [7, 11) is 0. The Morgan fingerprint density at radius 1 is 1.35 bits per heavy atom. The Labute approximate surface area is 117 Å². The van der Waals surface area contributed by atoms with Crippen molar-refractivity contribution >= 4 is 5.96 Å². The summed E-state index contributed by atoms with van der Waals surface area (Å²) in [5.41, 5.74) is 20.9. The Hall–Kier alpha value is -1.70. The maximum absolute atomic E-state index is 6.23. The second kappa shape index (κ2) is 4.15. The van der Waals surface area contributed by atoms with Gasteiger partial charge in [-0.15, -0.1) is 0 Å². The molecule has 6 N–H and O–H groups in total. The zero-order valence-corrected chi connectivity index (χ0v) is 11.3. The SMILES string of the molecule is NC1=NC(N)(c2cnc3c(c2)CN2CCC3CC2)NN1. The number of guanidine groups is 1. The summed E-state index contributed by atoms with van der Waals surface area (Å²) in [6, 6.07) is 2.12. The van der Waals surface area contributed by atoms with Crippen LogP contribution in [0, 0.1) is 0 Å². The number of aromatic nitrogens is 1. The van der Waals surface area contributed by atoms with E-state index >= 15 is 0 Å². The molecule has 106 valence electrons. The number of nitrogens with one attached hydrogen (secondary N) is 2. The average Bonchev–Trinajstić information content (AvgIpc) is 2.64. The van der Waals surface area contributed by atoms with Gasteiger partial charge >= 0.3 is 0 Å². The quantitative estimate of drug-likeness (QED) is 0.537. The predicted molar refractivity (Wildman–Crippen MR) is 75.2 cm³/mol. The van der Waals surface area contributed by atoms with Crippen LogP contribution in [-0.4, -0.2) is 28.9 Å². The highest BCUT2D eigenvalue weighted by molar-refractivity contribution is 5.79. The van der Waals surface area contributed by atoms with Crippen molar-refractivity contribution in [2.24, 2.45) is 16.5 Å². The molecule has 1 saturated heterocycles. The van der Waals surface area contributed by atoms with Crippen LogP contribution in [0.15, 0.2) is 17.3 Å². The number of nitrogens with two attached hydrogens (primary N) is 2. The molecular formula is C13H19N7. The van der Waals surface area contributed by atoms with Crippen molar-refractivity contribution in [2.75, 3.05) is 13.1 Å². The van der Waals surface area contributed by atoms with E-state index < -0.39 is 5.79 Å². The van der Waals surface area contributed by atoms with Crippen LogP contribution in [0.5, 0.6) is 0 Å². The normalized spacial score (nSPS) is 35.1. The van der Waals surface area contributed by atoms with Gasteiger partial charge in [-0.25, -0.2) is 4.99 Å². The first-order chi connectivity index (χ1) is 9.64. The number of hydrogen-bond acceptors (Lipinski definition) is 7. The lowest BCUT2D eigenvalue weighted by Crippen LogP contribution is -2.50. The maximum Gasteiger partial charge on any atom is 0.210 e. The minimum atomic E-state index is -1.02. The molecule has 5 rings (SSSR count). The molecule has 0 aromatic carbocycles. The molecule has 1 unspecified atom stereocenters. The van der Waals surface area contributed by atoms with Gasteiger partial charge < -0.3 is 5.73 Å². The van der Waals surface area contributed by atoms with Crippen LogP contribution < -0.4 is 22.3 Å². The fourth-order valence-corrected chi connectivity index (χ4v) is 3.37. The van der Waals surface area contributed by atoms with Gasteiger partial charge in [-0.05, 0) is 37.6 Å². The zero-order valence-electron chi connectivity index (χ0n) is 11.3. The lowest BCUT2D eigenvalue weighted by molar-refractivity contribution is 0.220. The van der Waals surface area contributed by atoms with Crippen molar-refractivity contribution in [2.45, 2.75) is 31.1 Å². The molecule has 1 aromatic rings. The molecule has 0 radical (unpaired) electrons. The Kier molecular flexibility index (Phi) is 2.50. The third kappa shape index (κ3) is 1.78. The molecule has 0 spiro atoms. The van der Waals surface area contributed by atoms with Gasteiger partial charge in [-0.3, -0.25) is 21.0 Å². The Morgan fingerprint density at radius 2 is 2.15 bits per heavy atom. The fourth-order valence-electron chi connectivity index (χ4n) is 3.37. The summed E-state index contributed by atoms with van der Waals surface area (Å²) in [6.45, 7) is 3.28. The molecule has 0 saturated carbocycles. The summed E-state index contributed by atoms with van der Waals surface area (Å²) >= 11 is 0. The van der Waals surface area contributed by atoms with Crippen LogP contribution in [0.3, 0.4) is 0 Å². The van der Waals surface area contributed by atoms with Crippen LogP contribution in [0.1, 0.15) is 35.6 Å². The van der Waals surface area contributed by atoms with Crippen molar-refractivity contribution in [1.82, 2.24) is 20.7 Å². The van der Waals surface area contributed by atoms with E-state index in [0.29, 0.717) is 11.9 Å². The maximum atomic E-state index is 6.23. The van der Waals surface area contributed by atoms with E-state index in [1.807, 2.05) is 6.20 Å². The van der Waals surface area contributed by atoms with Crippen LogP contribution >= 0.6 is 0 Å². The van der Waals surface area contributed by atoms with E-state index in [0.717, 1.165) is 25.2 Å². The van der Waals surface area contributed by atoms with Crippen molar-refractivity contribution in [3.05, 3.63) is 29.1 Å². The van der Waals surface area contributed by atoms with Gasteiger partial charge in [-0.2, -0.15) is 5.43 Å². The molecular weight excluding hydrogens is 254 g/mol. The number of rotatable bonds is 1. The molecule has 1 fully saturated rings. The van der Waals surface area contributed by atoms with Crippen LogP contribution in [0.25, 0.3) is 0 Å². The monoisotopic (exact) mass is 273 g/mol. The van der Waals surface area contributed by atoms with Crippen LogP contribution in [0.4, 0.5) is 0 Å². The molecule has 5 heterocycles. The molecule has 4 aliphatic heterocycles. The number of aliphatic imine (C=N–C) groups is 1. The molecule has 7 heteroatoms. The molecule has 1 atom stereocenters. The highest BCUT2D eigenvalue weighted by Gasteiger charge is 2.34. The second-order valence-corrected chi connectivity index (χ2v) is 5.83. The molecule has 20 heavy (non-hydrogen) atoms. The standard InChI is InChI=1S/C13H19N7/c14-12-17-13(15,19-18-12)10-5-9-7-20-3-1-8(2-4-20)11(9)16-6-10/h5-6,8,19H,1-4,7,15H2,(H3,14,17,18). The second-order valence-electron chi connectivity index (χ2n) is 5.83. The summed E-state index contributed by atoms with van der Waals surface area (Å²) in [4.78, 5) is 11.4. The van der Waals surface area contributed by atoms with Crippen molar-refractivity contribution in [1.29, 1.82) is 0 Å². The number of piperidine rings is 1. The topological polar surface area (TPSA) is 105 Å². The lowest BCUT2D eigenvalue weighted by Gasteiger charge is -2.26. The molecule has 1 aromatic heterocycles. The van der Waals surface area contributed by atoms with E-state index in [1.54, 1.807) is 0 Å². The van der Waals surface area contributed by atoms with E-state index in [1.165, 1.54) is 24.1 Å². The van der Waals surface area contributed by atoms with Crippen LogP contribution in [-0.2, 0) is 12.3 Å². The minimum absolute atomic E-state index is 0.297. The van der Waals surface area contributed by atoms with Crippen molar-refractivity contribution in [3.8, 4) is 0 Å². The summed E-state index contributed by atoms with van der Waals surface area (Å²) < 4.78 is 0. The number of nitrogens with zero attached hydrogens (tertiary/aromatic N) is 3. The van der Waals surface area contributed by atoms with E-state index in [2.05, 4.69) is 31.8 Å². The van der Waals surface area contributed by atoms with Gasteiger partial charge in [0, 0.05) is 29.9 Å². The highest BCUT2D eigenvalue weighted by Crippen LogP contribution is 2.35. The molecule has 0 aliphatic carbocycles. The van der Waals surface area contributed by atoms with E-state index in [9.17, 15) is 0 Å².